The minimum Gasteiger partial charge on any atom is -0.494 e. The van der Waals surface area contributed by atoms with Crippen molar-refractivity contribution < 1.29 is 23.5 Å². The maximum absolute atomic E-state index is 14.1. The van der Waals surface area contributed by atoms with Crippen LogP contribution >= 0.6 is 0 Å². The molecule has 3 N–H and O–H groups in total. The van der Waals surface area contributed by atoms with Gasteiger partial charge in [-0.15, -0.1) is 0 Å². The SMILES string of the molecule is [C-]#[N+]c1ccc(C#C[C@H](C)NC(=O)C(=O)NCc2ccccc2C(=O)NC2(c3cc(OC)c4nn(C5CC5)cc4c3)CC2)c(F)c1. The van der Waals surface area contributed by atoms with Gasteiger partial charge in [-0.25, -0.2) is 9.24 Å². The maximum Gasteiger partial charge on any atom is 0.310 e. The molecule has 0 spiro atoms. The van der Waals surface area contributed by atoms with Crippen LogP contribution < -0.4 is 20.7 Å². The van der Waals surface area contributed by atoms with Gasteiger partial charge in [0, 0.05) is 23.7 Å². The molecule has 4 aromatic rings. The lowest BCUT2D eigenvalue weighted by Crippen LogP contribution is -2.43. The van der Waals surface area contributed by atoms with Crippen LogP contribution in [0.1, 0.15) is 65.7 Å². The van der Waals surface area contributed by atoms with Crippen molar-refractivity contribution in [1.82, 2.24) is 25.7 Å². The summed E-state index contributed by atoms with van der Waals surface area (Å²) in [6, 6.07) is 14.5. The van der Waals surface area contributed by atoms with Crippen molar-refractivity contribution >= 4 is 34.3 Å². The molecule has 0 unspecified atom stereocenters. The zero-order valence-corrected chi connectivity index (χ0v) is 25.3. The van der Waals surface area contributed by atoms with Gasteiger partial charge in [-0.3, -0.25) is 19.1 Å². The van der Waals surface area contributed by atoms with Gasteiger partial charge in [-0.1, -0.05) is 42.2 Å². The number of rotatable bonds is 8. The lowest BCUT2D eigenvalue weighted by molar-refractivity contribution is -0.139. The second kappa shape index (κ2) is 12.4. The Labute approximate surface area is 265 Å². The van der Waals surface area contributed by atoms with Crippen molar-refractivity contribution in [2.24, 2.45) is 0 Å². The number of nitrogens with one attached hydrogen (secondary N) is 3. The average molecular weight is 619 g/mol. The molecule has 1 atom stereocenters. The van der Waals surface area contributed by atoms with Gasteiger partial charge in [0.15, 0.2) is 5.69 Å². The summed E-state index contributed by atoms with van der Waals surface area (Å²) in [5, 5.41) is 13.9. The molecular weight excluding hydrogens is 587 g/mol. The Morgan fingerprint density at radius 3 is 2.63 bits per heavy atom. The van der Waals surface area contributed by atoms with Crippen LogP contribution in [0.15, 0.2) is 60.8 Å². The summed E-state index contributed by atoms with van der Waals surface area (Å²) in [7, 11) is 1.62. The second-order valence-corrected chi connectivity index (χ2v) is 11.6. The number of ether oxygens (including phenoxy) is 1. The highest BCUT2D eigenvalue weighted by atomic mass is 19.1. The van der Waals surface area contributed by atoms with Crippen molar-refractivity contribution in [3.63, 3.8) is 0 Å². The monoisotopic (exact) mass is 618 g/mol. The Morgan fingerprint density at radius 2 is 1.93 bits per heavy atom. The molecule has 0 bridgehead atoms. The topological polar surface area (TPSA) is 119 Å². The van der Waals surface area contributed by atoms with Crippen LogP contribution in [0.3, 0.4) is 0 Å². The summed E-state index contributed by atoms with van der Waals surface area (Å²) in [4.78, 5) is 41.8. The van der Waals surface area contributed by atoms with E-state index in [4.69, 9.17) is 16.4 Å². The highest BCUT2D eigenvalue weighted by Crippen LogP contribution is 2.48. The lowest BCUT2D eigenvalue weighted by Gasteiger charge is -2.20. The van der Waals surface area contributed by atoms with E-state index in [0.29, 0.717) is 22.9 Å². The van der Waals surface area contributed by atoms with Gasteiger partial charge in [-0.2, -0.15) is 5.10 Å². The number of halogens is 1. The van der Waals surface area contributed by atoms with E-state index in [2.05, 4.69) is 38.7 Å². The van der Waals surface area contributed by atoms with Crippen LogP contribution in [0, 0.1) is 24.2 Å². The number of amides is 3. The highest BCUT2D eigenvalue weighted by Gasteiger charge is 2.46. The first-order chi connectivity index (χ1) is 22.2. The first kappa shape index (κ1) is 30.4. The fourth-order valence-corrected chi connectivity index (χ4v) is 5.29. The average Bonchev–Trinajstić information content (AvgIpc) is 4.00. The first-order valence-electron chi connectivity index (χ1n) is 14.9. The van der Waals surface area contributed by atoms with E-state index in [9.17, 15) is 18.8 Å². The second-order valence-electron chi connectivity index (χ2n) is 11.6. The number of hydrogen-bond acceptors (Lipinski definition) is 5. The standard InChI is InChI=1S/C35H31FN6O4/c1-21(8-9-22-10-11-26(37-2)18-29(22)36)39-34(45)33(44)38-19-23-6-4-5-7-28(23)32(43)40-35(14-15-35)25-16-24-20-42(27-12-13-27)41-31(24)30(17-25)46-3/h4-7,10-11,16-18,20-21,27H,12-15,19H2,1,3H3,(H,38,44)(H,39,45)(H,40,43)/t21-/m0/s1. The number of fused-ring (bicyclic) bond motifs is 1. The highest BCUT2D eigenvalue weighted by molar-refractivity contribution is 6.35. The molecule has 1 aromatic heterocycles. The van der Waals surface area contributed by atoms with Gasteiger partial charge >= 0.3 is 11.8 Å². The summed E-state index contributed by atoms with van der Waals surface area (Å²) in [6.07, 6.45) is 5.80. The van der Waals surface area contributed by atoms with Crippen molar-refractivity contribution in [1.29, 1.82) is 0 Å². The van der Waals surface area contributed by atoms with E-state index in [1.165, 1.54) is 12.1 Å². The van der Waals surface area contributed by atoms with Crippen LogP contribution in [-0.4, -0.2) is 40.7 Å². The fraction of sp³-hybridized carbons (Fsp3) is 0.286. The quantitative estimate of drug-likeness (QED) is 0.151. The Morgan fingerprint density at radius 1 is 1.15 bits per heavy atom. The minimum absolute atomic E-state index is 0.0539. The number of carbonyl (C=O) groups is 3. The molecule has 11 heteroatoms. The number of methoxy groups -OCH3 is 1. The van der Waals surface area contributed by atoms with Crippen molar-refractivity contribution in [3.8, 4) is 17.6 Å². The molecule has 3 amide bonds. The molecule has 2 saturated carbocycles. The molecule has 0 saturated heterocycles. The van der Waals surface area contributed by atoms with Gasteiger partial charge in [0.2, 0.25) is 0 Å². The van der Waals surface area contributed by atoms with Crippen LogP contribution in [0.25, 0.3) is 15.7 Å². The third-order valence-electron chi connectivity index (χ3n) is 8.15. The predicted octanol–water partition coefficient (Wildman–Crippen LogP) is 4.66. The van der Waals surface area contributed by atoms with E-state index < -0.39 is 29.2 Å². The molecule has 6 rings (SSSR count). The molecule has 0 aliphatic heterocycles. The van der Waals surface area contributed by atoms with Crippen LogP contribution in [0.5, 0.6) is 5.75 Å². The maximum atomic E-state index is 14.1. The zero-order chi connectivity index (χ0) is 32.4. The van der Waals surface area contributed by atoms with Crippen molar-refractivity contribution in [2.45, 2.75) is 56.8 Å². The largest absolute Gasteiger partial charge is 0.494 e. The van der Waals surface area contributed by atoms with E-state index in [-0.39, 0.29) is 23.7 Å². The van der Waals surface area contributed by atoms with Gasteiger partial charge in [0.25, 0.3) is 5.91 Å². The molecule has 2 fully saturated rings. The third kappa shape index (κ3) is 6.40. The number of aromatic nitrogens is 2. The van der Waals surface area contributed by atoms with Crippen LogP contribution in [0.2, 0.25) is 0 Å². The molecule has 1 heterocycles. The zero-order valence-electron chi connectivity index (χ0n) is 25.3. The smallest absolute Gasteiger partial charge is 0.310 e. The number of carbonyl (C=O) groups excluding carboxylic acids is 3. The number of nitrogens with zero attached hydrogens (tertiary/aromatic N) is 3. The molecule has 10 nitrogen and oxygen atoms in total. The molecule has 232 valence electrons. The Kier molecular flexibility index (Phi) is 8.16. The fourth-order valence-electron chi connectivity index (χ4n) is 5.29. The van der Waals surface area contributed by atoms with E-state index in [1.807, 2.05) is 16.9 Å². The Hall–Kier alpha value is -5.68. The van der Waals surface area contributed by atoms with Gasteiger partial charge in [0.05, 0.1) is 36.9 Å². The third-order valence-corrected chi connectivity index (χ3v) is 8.15. The Balaban J connectivity index is 1.09. The number of benzene rings is 3. The predicted molar refractivity (Wildman–Crippen MR) is 168 cm³/mol. The van der Waals surface area contributed by atoms with Gasteiger partial charge in [-0.05, 0) is 68.0 Å². The Bertz CT molecular complexity index is 1980. The minimum atomic E-state index is -0.918. The summed E-state index contributed by atoms with van der Waals surface area (Å²) < 4.78 is 21.7. The summed E-state index contributed by atoms with van der Waals surface area (Å²) in [6.45, 7) is 8.45. The van der Waals surface area contributed by atoms with Gasteiger partial charge in [0.1, 0.15) is 17.1 Å². The summed E-state index contributed by atoms with van der Waals surface area (Å²) in [5.74, 6) is 3.21. The number of hydrogen-bond donors (Lipinski definition) is 3. The first-order valence-corrected chi connectivity index (χ1v) is 14.9. The molecule has 0 radical (unpaired) electrons. The van der Waals surface area contributed by atoms with E-state index in [1.54, 1.807) is 38.3 Å². The molecule has 2 aliphatic rings. The normalized spacial score (nSPS) is 15.1. The van der Waals surface area contributed by atoms with E-state index in [0.717, 1.165) is 48.2 Å². The van der Waals surface area contributed by atoms with Crippen molar-refractivity contribution in [2.75, 3.05) is 7.11 Å². The van der Waals surface area contributed by atoms with E-state index >= 15 is 0 Å². The molecule has 2 aliphatic carbocycles. The summed E-state index contributed by atoms with van der Waals surface area (Å²) in [5.41, 5.74) is 2.36. The molecule has 46 heavy (non-hydrogen) atoms. The van der Waals surface area contributed by atoms with Crippen LogP contribution in [-0.2, 0) is 21.7 Å². The lowest BCUT2D eigenvalue weighted by atomic mass is 10.0. The van der Waals surface area contributed by atoms with Crippen LogP contribution in [0.4, 0.5) is 10.1 Å². The summed E-state index contributed by atoms with van der Waals surface area (Å²) >= 11 is 0. The molecule has 3 aromatic carbocycles. The van der Waals surface area contributed by atoms with Crippen molar-refractivity contribution in [3.05, 3.63) is 100 Å². The molecular formula is C35H31FN6O4. The van der Waals surface area contributed by atoms with Gasteiger partial charge < -0.3 is 20.7 Å².